The predicted octanol–water partition coefficient (Wildman–Crippen LogP) is 3.93. The first-order valence-electron chi connectivity index (χ1n) is 7.88. The zero-order valence-corrected chi connectivity index (χ0v) is 14.9. The molecule has 0 saturated heterocycles. The summed E-state index contributed by atoms with van der Waals surface area (Å²) >= 11 is 1.65. The number of aromatic hydroxyl groups is 1. The summed E-state index contributed by atoms with van der Waals surface area (Å²) in [7, 11) is 3.45. The number of amides is 1. The van der Waals surface area contributed by atoms with Crippen LogP contribution < -0.4 is 4.74 Å². The van der Waals surface area contributed by atoms with Crippen LogP contribution in [0.1, 0.15) is 18.4 Å². The molecule has 0 unspecified atom stereocenters. The largest absolute Gasteiger partial charge is 0.508 e. The summed E-state index contributed by atoms with van der Waals surface area (Å²) in [4.78, 5) is 15.0. The highest BCUT2D eigenvalue weighted by molar-refractivity contribution is 7.99. The molecule has 4 nitrogen and oxygen atoms in total. The van der Waals surface area contributed by atoms with Gasteiger partial charge in [0.1, 0.15) is 11.5 Å². The zero-order chi connectivity index (χ0) is 17.4. The van der Waals surface area contributed by atoms with E-state index < -0.39 is 0 Å². The van der Waals surface area contributed by atoms with Crippen LogP contribution in [0.2, 0.25) is 0 Å². The van der Waals surface area contributed by atoms with Crippen molar-refractivity contribution < 1.29 is 14.6 Å². The summed E-state index contributed by atoms with van der Waals surface area (Å²) in [6.45, 7) is 0.544. The van der Waals surface area contributed by atoms with Crippen LogP contribution in [0.15, 0.2) is 53.4 Å². The van der Waals surface area contributed by atoms with E-state index in [1.165, 1.54) is 0 Å². The SMILES string of the molecule is COc1ccccc1CN(C)C(=O)CCCSc1cccc(O)c1. The number of hydrogen-bond acceptors (Lipinski definition) is 4. The summed E-state index contributed by atoms with van der Waals surface area (Å²) in [6, 6.07) is 14.9. The Hall–Kier alpha value is -2.14. The van der Waals surface area contributed by atoms with E-state index in [-0.39, 0.29) is 11.7 Å². The Balaban J connectivity index is 1.75. The molecular formula is C19H23NO3S. The van der Waals surface area contributed by atoms with E-state index in [4.69, 9.17) is 4.74 Å². The number of methoxy groups -OCH3 is 1. The molecule has 0 atom stereocenters. The van der Waals surface area contributed by atoms with E-state index in [2.05, 4.69) is 0 Å². The van der Waals surface area contributed by atoms with Gasteiger partial charge in [0.25, 0.3) is 0 Å². The molecule has 0 aliphatic heterocycles. The quantitative estimate of drug-likeness (QED) is 0.582. The minimum Gasteiger partial charge on any atom is -0.508 e. The van der Waals surface area contributed by atoms with Crippen molar-refractivity contribution >= 4 is 17.7 Å². The van der Waals surface area contributed by atoms with Crippen LogP contribution in [-0.2, 0) is 11.3 Å². The highest BCUT2D eigenvalue weighted by Gasteiger charge is 2.11. The van der Waals surface area contributed by atoms with Gasteiger partial charge in [0, 0.05) is 30.5 Å². The fourth-order valence-corrected chi connectivity index (χ4v) is 3.26. The molecule has 128 valence electrons. The maximum absolute atomic E-state index is 12.2. The number of phenols is 1. The van der Waals surface area contributed by atoms with Gasteiger partial charge < -0.3 is 14.7 Å². The third kappa shape index (κ3) is 5.49. The fraction of sp³-hybridized carbons (Fsp3) is 0.316. The molecule has 0 aliphatic carbocycles. The first-order chi connectivity index (χ1) is 11.6. The Bertz CT molecular complexity index is 675. The highest BCUT2D eigenvalue weighted by atomic mass is 32.2. The van der Waals surface area contributed by atoms with Crippen molar-refractivity contribution in [1.82, 2.24) is 4.90 Å². The lowest BCUT2D eigenvalue weighted by molar-refractivity contribution is -0.130. The summed E-state index contributed by atoms with van der Waals surface area (Å²) < 4.78 is 5.32. The van der Waals surface area contributed by atoms with E-state index in [9.17, 15) is 9.90 Å². The Kier molecular flexibility index (Phi) is 7.00. The normalized spacial score (nSPS) is 10.4. The second kappa shape index (κ2) is 9.23. The number of carbonyl (C=O) groups excluding carboxylic acids is 1. The van der Waals surface area contributed by atoms with Crippen LogP contribution in [0.5, 0.6) is 11.5 Å². The predicted molar refractivity (Wildman–Crippen MR) is 97.5 cm³/mol. The molecular weight excluding hydrogens is 322 g/mol. The molecule has 0 bridgehead atoms. The molecule has 1 amide bonds. The molecule has 0 heterocycles. The third-order valence-electron chi connectivity index (χ3n) is 3.65. The van der Waals surface area contributed by atoms with Gasteiger partial charge in [-0.1, -0.05) is 24.3 Å². The Morgan fingerprint density at radius 3 is 2.75 bits per heavy atom. The van der Waals surface area contributed by atoms with Gasteiger partial charge in [-0.15, -0.1) is 11.8 Å². The summed E-state index contributed by atoms with van der Waals surface area (Å²) in [6.07, 6.45) is 1.31. The van der Waals surface area contributed by atoms with Crippen LogP contribution in [-0.4, -0.2) is 35.8 Å². The first kappa shape index (κ1) is 18.2. The van der Waals surface area contributed by atoms with Crippen molar-refractivity contribution in [2.24, 2.45) is 0 Å². The molecule has 0 saturated carbocycles. The van der Waals surface area contributed by atoms with Crippen LogP contribution >= 0.6 is 11.8 Å². The summed E-state index contributed by atoms with van der Waals surface area (Å²) in [5.41, 5.74) is 1.00. The first-order valence-corrected chi connectivity index (χ1v) is 8.86. The maximum atomic E-state index is 12.2. The number of phenolic OH excluding ortho intramolecular Hbond substituents is 1. The van der Waals surface area contributed by atoms with Crippen LogP contribution in [0.3, 0.4) is 0 Å². The second-order valence-corrected chi connectivity index (χ2v) is 6.68. The maximum Gasteiger partial charge on any atom is 0.222 e. The summed E-state index contributed by atoms with van der Waals surface area (Å²) in [5.74, 6) is 2.04. The topological polar surface area (TPSA) is 49.8 Å². The molecule has 0 aliphatic rings. The smallest absolute Gasteiger partial charge is 0.222 e. The van der Waals surface area contributed by atoms with Gasteiger partial charge in [0.05, 0.1) is 7.11 Å². The van der Waals surface area contributed by atoms with E-state index in [1.807, 2.05) is 43.4 Å². The molecule has 0 spiro atoms. The number of nitrogens with zero attached hydrogens (tertiary/aromatic N) is 1. The Morgan fingerprint density at radius 2 is 2.00 bits per heavy atom. The zero-order valence-electron chi connectivity index (χ0n) is 14.1. The van der Waals surface area contributed by atoms with Crippen molar-refractivity contribution in [2.45, 2.75) is 24.3 Å². The molecule has 2 aromatic carbocycles. The Labute approximate surface area is 147 Å². The molecule has 1 N–H and O–H groups in total. The lowest BCUT2D eigenvalue weighted by atomic mass is 10.2. The number of rotatable bonds is 8. The van der Waals surface area contributed by atoms with E-state index >= 15 is 0 Å². The van der Waals surface area contributed by atoms with Gasteiger partial charge >= 0.3 is 0 Å². The molecule has 0 radical (unpaired) electrons. The minimum atomic E-state index is 0.123. The van der Waals surface area contributed by atoms with E-state index in [0.717, 1.165) is 28.4 Å². The number of ether oxygens (including phenoxy) is 1. The van der Waals surface area contributed by atoms with Gasteiger partial charge in [-0.25, -0.2) is 0 Å². The van der Waals surface area contributed by atoms with Crippen molar-refractivity contribution in [3.63, 3.8) is 0 Å². The number of benzene rings is 2. The molecule has 0 aromatic heterocycles. The average Bonchev–Trinajstić information content (AvgIpc) is 2.59. The number of para-hydroxylation sites is 1. The molecule has 24 heavy (non-hydrogen) atoms. The number of hydrogen-bond donors (Lipinski definition) is 1. The number of thioether (sulfide) groups is 1. The van der Waals surface area contributed by atoms with Gasteiger partial charge in [0.15, 0.2) is 0 Å². The van der Waals surface area contributed by atoms with Crippen molar-refractivity contribution in [3.05, 3.63) is 54.1 Å². The van der Waals surface area contributed by atoms with Gasteiger partial charge in [-0.2, -0.15) is 0 Å². The van der Waals surface area contributed by atoms with Crippen molar-refractivity contribution in [1.29, 1.82) is 0 Å². The minimum absolute atomic E-state index is 0.123. The average molecular weight is 345 g/mol. The standard InChI is InChI=1S/C19H23NO3S/c1-20(14-15-7-3-4-10-18(15)23-2)19(22)11-6-12-24-17-9-5-8-16(21)13-17/h3-5,7-10,13,21H,6,11-12,14H2,1-2H3. The Morgan fingerprint density at radius 1 is 1.21 bits per heavy atom. The lowest BCUT2D eigenvalue weighted by Gasteiger charge is -2.18. The van der Waals surface area contributed by atoms with Crippen LogP contribution in [0, 0.1) is 0 Å². The molecule has 0 fully saturated rings. The third-order valence-corrected chi connectivity index (χ3v) is 4.73. The van der Waals surface area contributed by atoms with E-state index in [1.54, 1.807) is 35.9 Å². The van der Waals surface area contributed by atoms with Crippen LogP contribution in [0.4, 0.5) is 0 Å². The highest BCUT2D eigenvalue weighted by Crippen LogP contribution is 2.23. The molecule has 2 rings (SSSR count). The monoisotopic (exact) mass is 345 g/mol. The lowest BCUT2D eigenvalue weighted by Crippen LogP contribution is -2.26. The fourth-order valence-electron chi connectivity index (χ4n) is 2.35. The van der Waals surface area contributed by atoms with Gasteiger partial charge in [0.2, 0.25) is 5.91 Å². The van der Waals surface area contributed by atoms with Crippen LogP contribution in [0.25, 0.3) is 0 Å². The molecule has 5 heteroatoms. The van der Waals surface area contributed by atoms with Gasteiger partial charge in [-0.05, 0) is 36.4 Å². The molecule has 2 aromatic rings. The van der Waals surface area contributed by atoms with Crippen molar-refractivity contribution in [2.75, 3.05) is 19.9 Å². The second-order valence-electron chi connectivity index (χ2n) is 5.51. The number of carbonyl (C=O) groups is 1. The van der Waals surface area contributed by atoms with Crippen molar-refractivity contribution in [3.8, 4) is 11.5 Å². The van der Waals surface area contributed by atoms with E-state index in [0.29, 0.717) is 13.0 Å². The summed E-state index contributed by atoms with van der Waals surface area (Å²) in [5, 5.41) is 9.43. The van der Waals surface area contributed by atoms with Gasteiger partial charge in [-0.3, -0.25) is 4.79 Å².